The van der Waals surface area contributed by atoms with E-state index in [1.165, 1.54) is 17.0 Å². The van der Waals surface area contributed by atoms with Crippen molar-refractivity contribution in [2.45, 2.75) is 56.1 Å². The topological polar surface area (TPSA) is 96.0 Å². The molecule has 0 aromatic heterocycles. The number of para-hydroxylation sites is 1. The lowest BCUT2D eigenvalue weighted by molar-refractivity contribution is -0.139. The lowest BCUT2D eigenvalue weighted by Gasteiger charge is -2.32. The summed E-state index contributed by atoms with van der Waals surface area (Å²) in [6.07, 6.45) is 3.97. The van der Waals surface area contributed by atoms with Gasteiger partial charge in [0, 0.05) is 12.6 Å². The SMILES string of the molecule is COc1ccc(CN(C(=O)CN(c2ccccc2)S(=O)(=O)c2ccccc2)C(C)C(=O)NC2CCCC2)cc1. The molecule has 2 amide bonds. The van der Waals surface area contributed by atoms with Crippen molar-refractivity contribution in [3.63, 3.8) is 0 Å². The van der Waals surface area contributed by atoms with Crippen molar-refractivity contribution in [2.75, 3.05) is 18.0 Å². The fourth-order valence-electron chi connectivity index (χ4n) is 4.74. The van der Waals surface area contributed by atoms with Gasteiger partial charge in [-0.2, -0.15) is 0 Å². The minimum atomic E-state index is -4.06. The second-order valence-corrected chi connectivity index (χ2v) is 11.6. The van der Waals surface area contributed by atoms with Gasteiger partial charge in [-0.25, -0.2) is 8.42 Å². The molecule has 0 spiro atoms. The first-order valence-corrected chi connectivity index (χ1v) is 14.6. The van der Waals surface area contributed by atoms with E-state index in [9.17, 15) is 18.0 Å². The Labute approximate surface area is 230 Å². The molecule has 1 saturated carbocycles. The number of carbonyl (C=O) groups excluding carboxylic acids is 2. The molecule has 3 aromatic carbocycles. The molecule has 206 valence electrons. The molecule has 1 aliphatic rings. The van der Waals surface area contributed by atoms with Gasteiger partial charge in [-0.1, -0.05) is 61.4 Å². The highest BCUT2D eigenvalue weighted by Crippen LogP contribution is 2.25. The van der Waals surface area contributed by atoms with Gasteiger partial charge in [0.25, 0.3) is 10.0 Å². The number of anilines is 1. The van der Waals surface area contributed by atoms with Crippen LogP contribution in [0.25, 0.3) is 0 Å². The van der Waals surface area contributed by atoms with Crippen LogP contribution in [0.4, 0.5) is 5.69 Å². The molecule has 0 bridgehead atoms. The second kappa shape index (κ2) is 12.8. The van der Waals surface area contributed by atoms with Crippen LogP contribution in [0, 0.1) is 0 Å². The Kier molecular flexibility index (Phi) is 9.24. The van der Waals surface area contributed by atoms with E-state index in [1.807, 2.05) is 12.1 Å². The molecule has 1 fully saturated rings. The molecule has 8 nitrogen and oxygen atoms in total. The summed E-state index contributed by atoms with van der Waals surface area (Å²) in [6, 6.07) is 23.1. The zero-order valence-corrected chi connectivity index (χ0v) is 23.1. The van der Waals surface area contributed by atoms with Gasteiger partial charge in [0.15, 0.2) is 0 Å². The Morgan fingerprint density at radius 2 is 1.51 bits per heavy atom. The molecule has 9 heteroatoms. The monoisotopic (exact) mass is 549 g/mol. The quantitative estimate of drug-likeness (QED) is 0.383. The largest absolute Gasteiger partial charge is 0.497 e. The first-order valence-electron chi connectivity index (χ1n) is 13.1. The molecule has 1 N–H and O–H groups in total. The van der Waals surface area contributed by atoms with Crippen molar-refractivity contribution < 1.29 is 22.7 Å². The number of carbonyl (C=O) groups is 2. The number of rotatable bonds is 11. The highest BCUT2D eigenvalue weighted by atomic mass is 32.2. The summed E-state index contributed by atoms with van der Waals surface area (Å²) in [5, 5.41) is 3.07. The number of benzene rings is 3. The molecular formula is C30H35N3O5S. The van der Waals surface area contributed by atoms with E-state index >= 15 is 0 Å². The van der Waals surface area contributed by atoms with E-state index < -0.39 is 28.5 Å². The number of nitrogens with one attached hydrogen (secondary N) is 1. The smallest absolute Gasteiger partial charge is 0.264 e. The van der Waals surface area contributed by atoms with Crippen LogP contribution in [0.3, 0.4) is 0 Å². The van der Waals surface area contributed by atoms with Gasteiger partial charge in [-0.15, -0.1) is 0 Å². The van der Waals surface area contributed by atoms with E-state index in [-0.39, 0.29) is 23.4 Å². The van der Waals surface area contributed by atoms with Gasteiger partial charge >= 0.3 is 0 Å². The van der Waals surface area contributed by atoms with Crippen LogP contribution in [0.15, 0.2) is 89.8 Å². The Morgan fingerprint density at radius 1 is 0.923 bits per heavy atom. The normalized spacial score (nSPS) is 14.4. The van der Waals surface area contributed by atoms with Crippen LogP contribution in [0.1, 0.15) is 38.2 Å². The van der Waals surface area contributed by atoms with E-state index in [0.29, 0.717) is 11.4 Å². The molecule has 1 aliphatic carbocycles. The third-order valence-electron chi connectivity index (χ3n) is 7.04. The Bertz CT molecular complexity index is 1340. The molecule has 0 aliphatic heterocycles. The average molecular weight is 550 g/mol. The van der Waals surface area contributed by atoms with E-state index in [2.05, 4.69) is 5.32 Å². The van der Waals surface area contributed by atoms with Crippen LogP contribution in [-0.4, -0.2) is 50.9 Å². The summed E-state index contributed by atoms with van der Waals surface area (Å²) in [5.41, 5.74) is 1.16. The van der Waals surface area contributed by atoms with Crippen molar-refractivity contribution >= 4 is 27.5 Å². The van der Waals surface area contributed by atoms with E-state index in [0.717, 1.165) is 35.6 Å². The van der Waals surface area contributed by atoms with Crippen molar-refractivity contribution in [3.05, 3.63) is 90.5 Å². The number of hydrogen-bond acceptors (Lipinski definition) is 5. The molecular weight excluding hydrogens is 514 g/mol. The molecule has 0 heterocycles. The van der Waals surface area contributed by atoms with Gasteiger partial charge in [0.1, 0.15) is 18.3 Å². The van der Waals surface area contributed by atoms with Gasteiger partial charge in [0.05, 0.1) is 17.7 Å². The third-order valence-corrected chi connectivity index (χ3v) is 8.82. The third kappa shape index (κ3) is 6.97. The summed E-state index contributed by atoms with van der Waals surface area (Å²) < 4.78 is 33.8. The fourth-order valence-corrected chi connectivity index (χ4v) is 6.18. The van der Waals surface area contributed by atoms with Gasteiger partial charge in [-0.3, -0.25) is 13.9 Å². The van der Waals surface area contributed by atoms with Crippen LogP contribution in [-0.2, 0) is 26.2 Å². The molecule has 1 unspecified atom stereocenters. The number of sulfonamides is 1. The summed E-state index contributed by atoms with van der Waals surface area (Å²) in [7, 11) is -2.49. The summed E-state index contributed by atoms with van der Waals surface area (Å²) in [4.78, 5) is 28.7. The number of amides is 2. The number of methoxy groups -OCH3 is 1. The Morgan fingerprint density at radius 3 is 2.10 bits per heavy atom. The minimum Gasteiger partial charge on any atom is -0.497 e. The van der Waals surface area contributed by atoms with Crippen molar-refractivity contribution in [3.8, 4) is 5.75 Å². The van der Waals surface area contributed by atoms with Crippen LogP contribution in [0.2, 0.25) is 0 Å². The highest BCUT2D eigenvalue weighted by molar-refractivity contribution is 7.92. The maximum absolute atomic E-state index is 13.9. The molecule has 0 saturated heterocycles. The van der Waals surface area contributed by atoms with Gasteiger partial charge < -0.3 is 15.0 Å². The van der Waals surface area contributed by atoms with E-state index in [1.54, 1.807) is 74.7 Å². The second-order valence-electron chi connectivity index (χ2n) is 9.70. The zero-order valence-electron chi connectivity index (χ0n) is 22.3. The molecule has 0 radical (unpaired) electrons. The lowest BCUT2D eigenvalue weighted by atomic mass is 10.1. The standard InChI is InChI=1S/C30H35N3O5S/c1-23(30(35)31-25-11-9-10-12-25)32(21-24-17-19-27(38-2)20-18-24)29(34)22-33(26-13-5-3-6-14-26)39(36,37)28-15-7-4-8-16-28/h3-8,13-20,23,25H,9-12,21-22H2,1-2H3,(H,31,35). The van der Waals surface area contributed by atoms with Crippen molar-refractivity contribution in [2.24, 2.45) is 0 Å². The van der Waals surface area contributed by atoms with Crippen LogP contribution < -0.4 is 14.4 Å². The summed E-state index contributed by atoms with van der Waals surface area (Å²) in [6.45, 7) is 1.36. The predicted molar refractivity (Wildman–Crippen MR) is 151 cm³/mol. The Hall–Kier alpha value is -3.85. The van der Waals surface area contributed by atoms with Crippen LogP contribution >= 0.6 is 0 Å². The highest BCUT2D eigenvalue weighted by Gasteiger charge is 2.33. The summed E-state index contributed by atoms with van der Waals surface area (Å²) >= 11 is 0. The maximum atomic E-state index is 13.9. The average Bonchev–Trinajstić information content (AvgIpc) is 3.48. The number of nitrogens with zero attached hydrogens (tertiary/aromatic N) is 2. The fraction of sp³-hybridized carbons (Fsp3) is 0.333. The first kappa shape index (κ1) is 28.2. The minimum absolute atomic E-state index is 0.0791. The molecule has 39 heavy (non-hydrogen) atoms. The van der Waals surface area contributed by atoms with Crippen molar-refractivity contribution in [1.29, 1.82) is 0 Å². The first-order chi connectivity index (χ1) is 18.8. The molecule has 3 aromatic rings. The van der Waals surface area contributed by atoms with Crippen molar-refractivity contribution in [1.82, 2.24) is 10.2 Å². The zero-order chi connectivity index (χ0) is 27.8. The van der Waals surface area contributed by atoms with Crippen LogP contribution in [0.5, 0.6) is 5.75 Å². The van der Waals surface area contributed by atoms with E-state index in [4.69, 9.17) is 4.74 Å². The molecule has 4 rings (SSSR count). The maximum Gasteiger partial charge on any atom is 0.264 e. The molecule has 1 atom stereocenters. The van der Waals surface area contributed by atoms with Gasteiger partial charge in [-0.05, 0) is 61.7 Å². The van der Waals surface area contributed by atoms with Gasteiger partial charge in [0.2, 0.25) is 11.8 Å². The Balaban J connectivity index is 1.65. The summed E-state index contributed by atoms with van der Waals surface area (Å²) in [5.74, 6) is -0.0583. The number of hydrogen-bond donors (Lipinski definition) is 1. The number of ether oxygens (including phenoxy) is 1. The predicted octanol–water partition coefficient (Wildman–Crippen LogP) is 4.37. The lowest BCUT2D eigenvalue weighted by Crippen LogP contribution is -2.52.